The minimum atomic E-state index is -0.446. The zero-order valence-corrected chi connectivity index (χ0v) is 12.5. The third kappa shape index (κ3) is 3.06. The molecule has 0 bridgehead atoms. The highest BCUT2D eigenvalue weighted by atomic mass is 35.5. The van der Waals surface area contributed by atoms with E-state index in [2.05, 4.69) is 10.2 Å². The molecule has 110 valence electrons. The molecule has 0 aromatic heterocycles. The van der Waals surface area contributed by atoms with Gasteiger partial charge in [-0.3, -0.25) is 15.0 Å². The molecule has 3 rings (SSSR count). The fraction of sp³-hybridized carbons (Fsp3) is 0.538. The first kappa shape index (κ1) is 15.5. The molecule has 2 atom stereocenters. The van der Waals surface area contributed by atoms with E-state index in [4.69, 9.17) is 11.6 Å². The van der Waals surface area contributed by atoms with Crippen molar-refractivity contribution in [1.29, 1.82) is 0 Å². The quantitative estimate of drug-likeness (QED) is 0.686. The van der Waals surface area contributed by atoms with E-state index in [-0.39, 0.29) is 23.1 Å². The van der Waals surface area contributed by atoms with Crippen molar-refractivity contribution in [1.82, 2.24) is 10.2 Å². The highest BCUT2D eigenvalue weighted by Gasteiger charge is 2.35. The lowest BCUT2D eigenvalue weighted by atomic mass is 10.0. The molecule has 2 saturated heterocycles. The van der Waals surface area contributed by atoms with Crippen LogP contribution in [0, 0.1) is 22.0 Å². The normalized spacial score (nSPS) is 25.2. The summed E-state index contributed by atoms with van der Waals surface area (Å²) in [5, 5.41) is 14.4. The van der Waals surface area contributed by atoms with Crippen LogP contribution in [-0.4, -0.2) is 36.0 Å². The lowest BCUT2D eigenvalue weighted by Gasteiger charge is -2.17. The first-order valence-electron chi connectivity index (χ1n) is 6.49. The number of nitrogens with one attached hydrogen (secondary N) is 1. The third-order valence-electron chi connectivity index (χ3n) is 4.08. The Morgan fingerprint density at radius 2 is 2.00 bits per heavy atom. The Morgan fingerprint density at radius 1 is 1.35 bits per heavy atom. The maximum atomic E-state index is 10.7. The topological polar surface area (TPSA) is 58.4 Å². The van der Waals surface area contributed by atoms with Crippen molar-refractivity contribution >= 4 is 29.7 Å². The van der Waals surface area contributed by atoms with E-state index in [1.165, 1.54) is 6.07 Å². The third-order valence-corrected chi connectivity index (χ3v) is 4.38. The molecular formula is C13H17Cl2N3O2. The standard InChI is InChI=1S/C13H16ClN3O2.ClH/c14-12-3-9(1-2-13(12)17(18)19)6-16-7-10-4-15-5-11(10)8-16;/h1-3,10-11,15H,4-8H2;1H/t10-,11+;. The van der Waals surface area contributed by atoms with Gasteiger partial charge in [-0.05, 0) is 36.6 Å². The molecule has 0 aliphatic carbocycles. The van der Waals surface area contributed by atoms with E-state index >= 15 is 0 Å². The minimum absolute atomic E-state index is 0. The van der Waals surface area contributed by atoms with Crippen LogP contribution in [0.1, 0.15) is 5.56 Å². The number of fused-ring (bicyclic) bond motifs is 1. The molecule has 20 heavy (non-hydrogen) atoms. The smallest absolute Gasteiger partial charge is 0.287 e. The first-order valence-corrected chi connectivity index (χ1v) is 6.87. The number of benzene rings is 1. The molecule has 0 unspecified atom stereocenters. The monoisotopic (exact) mass is 317 g/mol. The van der Waals surface area contributed by atoms with Gasteiger partial charge in [-0.25, -0.2) is 0 Å². The van der Waals surface area contributed by atoms with E-state index in [0.717, 1.165) is 50.1 Å². The van der Waals surface area contributed by atoms with Gasteiger partial charge in [0.25, 0.3) is 5.69 Å². The SMILES string of the molecule is Cl.O=[N+]([O-])c1ccc(CN2C[C@H]3CNC[C@H]3C2)cc1Cl. The molecule has 0 saturated carbocycles. The molecule has 0 radical (unpaired) electrons. The summed E-state index contributed by atoms with van der Waals surface area (Å²) in [6, 6.07) is 5.01. The van der Waals surface area contributed by atoms with Gasteiger partial charge in [0, 0.05) is 25.7 Å². The fourth-order valence-electron chi connectivity index (χ4n) is 3.14. The van der Waals surface area contributed by atoms with Crippen LogP contribution in [0.5, 0.6) is 0 Å². The Kier molecular flexibility index (Phi) is 4.86. The van der Waals surface area contributed by atoms with Crippen molar-refractivity contribution in [3.8, 4) is 0 Å². The Balaban J connectivity index is 0.00000147. The Bertz CT molecular complexity index is 500. The van der Waals surface area contributed by atoms with E-state index in [0.29, 0.717) is 0 Å². The summed E-state index contributed by atoms with van der Waals surface area (Å²) in [4.78, 5) is 12.7. The number of nitrogens with zero attached hydrogens (tertiary/aromatic N) is 2. The summed E-state index contributed by atoms with van der Waals surface area (Å²) in [6.45, 7) is 5.26. The molecule has 2 fully saturated rings. The molecule has 2 heterocycles. The predicted molar refractivity (Wildman–Crippen MR) is 80.5 cm³/mol. The highest BCUT2D eigenvalue weighted by molar-refractivity contribution is 6.32. The predicted octanol–water partition coefficient (Wildman–Crippen LogP) is 2.32. The van der Waals surface area contributed by atoms with Crippen molar-refractivity contribution in [3.63, 3.8) is 0 Å². The van der Waals surface area contributed by atoms with Crippen LogP contribution in [0.3, 0.4) is 0 Å². The zero-order valence-electron chi connectivity index (χ0n) is 10.9. The average molecular weight is 318 g/mol. The van der Waals surface area contributed by atoms with Gasteiger partial charge in [0.05, 0.1) is 4.92 Å². The number of halogens is 2. The van der Waals surface area contributed by atoms with Gasteiger partial charge in [0.1, 0.15) is 5.02 Å². The van der Waals surface area contributed by atoms with E-state index in [9.17, 15) is 10.1 Å². The maximum absolute atomic E-state index is 10.7. The molecule has 1 aromatic carbocycles. The van der Waals surface area contributed by atoms with Crippen molar-refractivity contribution in [2.75, 3.05) is 26.2 Å². The molecule has 5 nitrogen and oxygen atoms in total. The van der Waals surface area contributed by atoms with Crippen LogP contribution in [-0.2, 0) is 6.54 Å². The van der Waals surface area contributed by atoms with Gasteiger partial charge in [-0.1, -0.05) is 17.7 Å². The van der Waals surface area contributed by atoms with Crippen LogP contribution in [0.4, 0.5) is 5.69 Å². The van der Waals surface area contributed by atoms with Gasteiger partial charge in [0.2, 0.25) is 0 Å². The van der Waals surface area contributed by atoms with E-state index in [1.54, 1.807) is 12.1 Å². The van der Waals surface area contributed by atoms with Gasteiger partial charge in [-0.2, -0.15) is 0 Å². The highest BCUT2D eigenvalue weighted by Crippen LogP contribution is 2.29. The second kappa shape index (κ2) is 6.26. The summed E-state index contributed by atoms with van der Waals surface area (Å²) in [7, 11) is 0. The number of hydrogen-bond acceptors (Lipinski definition) is 4. The summed E-state index contributed by atoms with van der Waals surface area (Å²) in [5.41, 5.74) is 1.02. The van der Waals surface area contributed by atoms with Crippen LogP contribution in [0.15, 0.2) is 18.2 Å². The van der Waals surface area contributed by atoms with Gasteiger partial charge < -0.3 is 5.32 Å². The lowest BCUT2D eigenvalue weighted by molar-refractivity contribution is -0.384. The Labute approximate surface area is 128 Å². The van der Waals surface area contributed by atoms with Crippen molar-refractivity contribution in [2.45, 2.75) is 6.54 Å². The van der Waals surface area contributed by atoms with Crippen LogP contribution in [0.2, 0.25) is 5.02 Å². The number of likely N-dealkylation sites (tertiary alicyclic amines) is 1. The number of rotatable bonds is 3. The van der Waals surface area contributed by atoms with Crippen LogP contribution < -0.4 is 5.32 Å². The lowest BCUT2D eigenvalue weighted by Crippen LogP contribution is -2.25. The van der Waals surface area contributed by atoms with E-state index < -0.39 is 4.92 Å². The molecule has 0 spiro atoms. The molecular weight excluding hydrogens is 301 g/mol. The summed E-state index contributed by atoms with van der Waals surface area (Å²) in [6.07, 6.45) is 0. The van der Waals surface area contributed by atoms with Crippen LogP contribution >= 0.6 is 24.0 Å². The molecule has 0 amide bonds. The molecule has 2 aliphatic rings. The summed E-state index contributed by atoms with van der Waals surface area (Å²) in [5.74, 6) is 1.52. The van der Waals surface area contributed by atoms with Crippen LogP contribution in [0.25, 0.3) is 0 Å². The zero-order chi connectivity index (χ0) is 13.4. The first-order chi connectivity index (χ1) is 9.13. The second-order valence-electron chi connectivity index (χ2n) is 5.42. The van der Waals surface area contributed by atoms with E-state index in [1.807, 2.05) is 0 Å². The molecule has 2 aliphatic heterocycles. The second-order valence-corrected chi connectivity index (χ2v) is 5.82. The minimum Gasteiger partial charge on any atom is -0.316 e. The number of nitro groups is 1. The number of nitro benzene ring substituents is 1. The largest absolute Gasteiger partial charge is 0.316 e. The van der Waals surface area contributed by atoms with Crippen molar-refractivity contribution in [3.05, 3.63) is 38.9 Å². The molecule has 7 heteroatoms. The van der Waals surface area contributed by atoms with Gasteiger partial charge >= 0.3 is 0 Å². The summed E-state index contributed by atoms with van der Waals surface area (Å²) < 4.78 is 0. The van der Waals surface area contributed by atoms with Crippen molar-refractivity contribution < 1.29 is 4.92 Å². The van der Waals surface area contributed by atoms with Crippen molar-refractivity contribution in [2.24, 2.45) is 11.8 Å². The molecule has 1 aromatic rings. The van der Waals surface area contributed by atoms with Gasteiger partial charge in [-0.15, -0.1) is 12.4 Å². The summed E-state index contributed by atoms with van der Waals surface area (Å²) >= 11 is 5.94. The Morgan fingerprint density at radius 3 is 2.55 bits per heavy atom. The number of hydrogen-bond donors (Lipinski definition) is 1. The van der Waals surface area contributed by atoms with Gasteiger partial charge in [0.15, 0.2) is 0 Å². The maximum Gasteiger partial charge on any atom is 0.287 e. The average Bonchev–Trinajstić information content (AvgIpc) is 2.89. The fourth-order valence-corrected chi connectivity index (χ4v) is 3.41. The molecule has 1 N–H and O–H groups in total. The Hall–Kier alpha value is -0.880.